The third-order valence-electron chi connectivity index (χ3n) is 2.04. The van der Waals surface area contributed by atoms with E-state index < -0.39 is 0 Å². The average Bonchev–Trinajstić information content (AvgIpc) is 2.59. The zero-order valence-electron chi connectivity index (χ0n) is 9.24. The summed E-state index contributed by atoms with van der Waals surface area (Å²) in [4.78, 5) is 16.6. The summed E-state index contributed by atoms with van der Waals surface area (Å²) < 4.78 is 4.90. The Morgan fingerprint density at radius 2 is 2.27 bits per heavy atom. The van der Waals surface area contributed by atoms with E-state index >= 15 is 0 Å². The molecule has 1 aromatic heterocycles. The van der Waals surface area contributed by atoms with Crippen LogP contribution in [0.1, 0.15) is 46.7 Å². The molecule has 84 valence electrons. The summed E-state index contributed by atoms with van der Waals surface area (Å²) in [5.74, 6) is -0.360. The van der Waals surface area contributed by atoms with Crippen LogP contribution in [-0.4, -0.2) is 17.6 Å². The number of hydrogen-bond donors (Lipinski definition) is 1. The molecule has 0 aromatic carbocycles. The lowest BCUT2D eigenvalue weighted by Gasteiger charge is -2.02. The molecule has 1 atom stereocenters. The van der Waals surface area contributed by atoms with Gasteiger partial charge in [0.25, 0.3) is 0 Å². The second-order valence-electron chi connectivity index (χ2n) is 3.19. The maximum absolute atomic E-state index is 11.5. The van der Waals surface area contributed by atoms with Gasteiger partial charge in [0.1, 0.15) is 5.01 Å². The van der Waals surface area contributed by atoms with E-state index in [0.29, 0.717) is 12.3 Å². The maximum atomic E-state index is 11.5. The first kappa shape index (κ1) is 12.1. The van der Waals surface area contributed by atoms with Gasteiger partial charge < -0.3 is 10.5 Å². The summed E-state index contributed by atoms with van der Waals surface area (Å²) in [5, 5.41) is 0.804. The number of ether oxygens (including phenoxy) is 1. The van der Waals surface area contributed by atoms with Crippen LogP contribution in [0.25, 0.3) is 0 Å². The molecule has 0 radical (unpaired) electrons. The number of nitrogens with zero attached hydrogens (tertiary/aromatic N) is 1. The molecule has 0 aliphatic heterocycles. The summed E-state index contributed by atoms with van der Waals surface area (Å²) in [6, 6.07) is -0.0862. The Hall–Kier alpha value is -0.940. The third-order valence-corrected chi connectivity index (χ3v) is 3.14. The van der Waals surface area contributed by atoms with Gasteiger partial charge in [-0.1, -0.05) is 6.92 Å². The quantitative estimate of drug-likeness (QED) is 0.801. The molecule has 0 amide bonds. The monoisotopic (exact) mass is 228 g/mol. The lowest BCUT2D eigenvalue weighted by molar-refractivity contribution is 0.0519. The summed E-state index contributed by atoms with van der Waals surface area (Å²) in [7, 11) is 0. The highest BCUT2D eigenvalue weighted by Gasteiger charge is 2.18. The van der Waals surface area contributed by atoms with Gasteiger partial charge in [-0.15, -0.1) is 11.3 Å². The Morgan fingerprint density at radius 1 is 1.60 bits per heavy atom. The van der Waals surface area contributed by atoms with Gasteiger partial charge in [0.15, 0.2) is 5.69 Å². The number of aromatic nitrogens is 1. The fourth-order valence-corrected chi connectivity index (χ4v) is 2.13. The molecule has 0 saturated heterocycles. The van der Waals surface area contributed by atoms with Gasteiger partial charge in [-0.25, -0.2) is 9.78 Å². The molecule has 5 heteroatoms. The van der Waals surface area contributed by atoms with E-state index in [-0.39, 0.29) is 12.0 Å². The smallest absolute Gasteiger partial charge is 0.358 e. The molecule has 0 aliphatic carbocycles. The average molecular weight is 228 g/mol. The van der Waals surface area contributed by atoms with Gasteiger partial charge in [0, 0.05) is 4.88 Å². The van der Waals surface area contributed by atoms with Crippen molar-refractivity contribution in [2.75, 3.05) is 6.61 Å². The molecule has 0 fully saturated rings. The standard InChI is InChI=1S/C10H16N2O2S/c1-4-7(11)9-12-8(6(3)15-9)10(13)14-5-2/h7H,4-5,11H2,1-3H3. The van der Waals surface area contributed by atoms with E-state index in [9.17, 15) is 4.79 Å². The van der Waals surface area contributed by atoms with E-state index in [1.165, 1.54) is 11.3 Å². The predicted molar refractivity (Wildman–Crippen MR) is 60.0 cm³/mol. The fourth-order valence-electron chi connectivity index (χ4n) is 1.14. The first-order valence-electron chi connectivity index (χ1n) is 5.00. The zero-order chi connectivity index (χ0) is 11.4. The van der Waals surface area contributed by atoms with Crippen LogP contribution in [0.15, 0.2) is 0 Å². The first-order valence-corrected chi connectivity index (χ1v) is 5.81. The Labute approximate surface area is 93.5 Å². The summed E-state index contributed by atoms with van der Waals surface area (Å²) >= 11 is 1.46. The van der Waals surface area contributed by atoms with Crippen molar-refractivity contribution >= 4 is 17.3 Å². The highest BCUT2D eigenvalue weighted by molar-refractivity contribution is 7.11. The van der Waals surface area contributed by atoms with Gasteiger partial charge in [-0.05, 0) is 20.3 Å². The van der Waals surface area contributed by atoms with Crippen LogP contribution in [0.2, 0.25) is 0 Å². The molecule has 15 heavy (non-hydrogen) atoms. The molecular weight excluding hydrogens is 212 g/mol. The topological polar surface area (TPSA) is 65.2 Å². The van der Waals surface area contributed by atoms with E-state index in [0.717, 1.165) is 16.3 Å². The van der Waals surface area contributed by atoms with Gasteiger partial charge in [-0.2, -0.15) is 0 Å². The summed E-state index contributed by atoms with van der Waals surface area (Å²) in [6.45, 7) is 5.99. The highest BCUT2D eigenvalue weighted by atomic mass is 32.1. The van der Waals surface area contributed by atoms with Gasteiger partial charge in [-0.3, -0.25) is 0 Å². The van der Waals surface area contributed by atoms with Crippen LogP contribution >= 0.6 is 11.3 Å². The van der Waals surface area contributed by atoms with Crippen molar-refractivity contribution in [1.82, 2.24) is 4.98 Å². The molecule has 4 nitrogen and oxygen atoms in total. The second kappa shape index (κ2) is 5.23. The minimum Gasteiger partial charge on any atom is -0.461 e. The second-order valence-corrected chi connectivity index (χ2v) is 4.43. The summed E-state index contributed by atoms with van der Waals surface area (Å²) in [6.07, 6.45) is 0.815. The van der Waals surface area contributed by atoms with Crippen molar-refractivity contribution in [2.45, 2.75) is 33.2 Å². The third kappa shape index (κ3) is 2.76. The number of carbonyl (C=O) groups is 1. The van der Waals surface area contributed by atoms with Crippen molar-refractivity contribution < 1.29 is 9.53 Å². The molecule has 1 unspecified atom stereocenters. The molecule has 2 N–H and O–H groups in total. The largest absolute Gasteiger partial charge is 0.461 e. The minimum absolute atomic E-state index is 0.0862. The van der Waals surface area contributed by atoms with E-state index in [1.807, 2.05) is 13.8 Å². The van der Waals surface area contributed by atoms with Gasteiger partial charge in [0.05, 0.1) is 12.6 Å². The molecule has 0 spiro atoms. The SMILES string of the molecule is CCOC(=O)c1nc(C(N)CC)sc1C. The molecular formula is C10H16N2O2S. The number of hydrogen-bond acceptors (Lipinski definition) is 5. The van der Waals surface area contributed by atoms with E-state index in [4.69, 9.17) is 10.5 Å². The Bertz CT molecular complexity index is 349. The Kier molecular flexibility index (Phi) is 4.23. The van der Waals surface area contributed by atoms with Crippen LogP contribution in [-0.2, 0) is 4.74 Å². The number of thiazole rings is 1. The van der Waals surface area contributed by atoms with Crippen molar-refractivity contribution in [1.29, 1.82) is 0 Å². The number of esters is 1. The van der Waals surface area contributed by atoms with Gasteiger partial charge in [0.2, 0.25) is 0 Å². The van der Waals surface area contributed by atoms with Gasteiger partial charge >= 0.3 is 5.97 Å². The van der Waals surface area contributed by atoms with Crippen LogP contribution in [0.3, 0.4) is 0 Å². The number of carbonyl (C=O) groups excluding carboxylic acids is 1. The Balaban J connectivity index is 2.90. The molecule has 1 rings (SSSR count). The van der Waals surface area contributed by atoms with Crippen molar-refractivity contribution in [3.8, 4) is 0 Å². The number of aryl methyl sites for hydroxylation is 1. The van der Waals surface area contributed by atoms with E-state index in [2.05, 4.69) is 4.98 Å². The lowest BCUT2D eigenvalue weighted by Crippen LogP contribution is -2.10. The summed E-state index contributed by atoms with van der Waals surface area (Å²) in [5.41, 5.74) is 6.25. The normalized spacial score (nSPS) is 12.5. The molecule has 1 heterocycles. The minimum atomic E-state index is -0.360. The molecule has 1 aromatic rings. The van der Waals surface area contributed by atoms with Crippen LogP contribution in [0, 0.1) is 6.92 Å². The number of rotatable bonds is 4. The predicted octanol–water partition coefficient (Wildman–Crippen LogP) is 2.04. The molecule has 0 saturated carbocycles. The van der Waals surface area contributed by atoms with Crippen molar-refractivity contribution in [2.24, 2.45) is 5.73 Å². The van der Waals surface area contributed by atoms with Crippen LogP contribution in [0.5, 0.6) is 0 Å². The highest BCUT2D eigenvalue weighted by Crippen LogP contribution is 2.24. The van der Waals surface area contributed by atoms with Crippen molar-refractivity contribution in [3.05, 3.63) is 15.6 Å². The maximum Gasteiger partial charge on any atom is 0.358 e. The van der Waals surface area contributed by atoms with Crippen molar-refractivity contribution in [3.63, 3.8) is 0 Å². The van der Waals surface area contributed by atoms with Crippen LogP contribution < -0.4 is 5.73 Å². The van der Waals surface area contributed by atoms with Crippen LogP contribution in [0.4, 0.5) is 0 Å². The first-order chi connectivity index (χ1) is 7.10. The number of nitrogens with two attached hydrogens (primary N) is 1. The van der Waals surface area contributed by atoms with E-state index in [1.54, 1.807) is 6.92 Å². The lowest BCUT2D eigenvalue weighted by atomic mass is 10.2. The fraction of sp³-hybridized carbons (Fsp3) is 0.600. The molecule has 0 bridgehead atoms. The zero-order valence-corrected chi connectivity index (χ0v) is 10.1. The molecule has 0 aliphatic rings. The Morgan fingerprint density at radius 3 is 2.80 bits per heavy atom.